The number of carbonyl (C=O) groups excluding carboxylic acids is 2. The van der Waals surface area contributed by atoms with Gasteiger partial charge in [-0.1, -0.05) is 31.5 Å². The Balaban J connectivity index is 0.000000892. The third-order valence-corrected chi connectivity index (χ3v) is 3.83. The van der Waals surface area contributed by atoms with Gasteiger partial charge in [-0.2, -0.15) is 0 Å². The Labute approximate surface area is 166 Å². The molecule has 28 heavy (non-hydrogen) atoms. The van der Waals surface area contributed by atoms with Crippen molar-refractivity contribution in [2.75, 3.05) is 27.4 Å². The maximum atomic E-state index is 11.3. The molecule has 2 amide bonds. The highest BCUT2D eigenvalue weighted by Crippen LogP contribution is 2.23. The molecule has 6 nitrogen and oxygen atoms in total. The number of allylic oxidation sites excluding steroid dienone is 1. The molecule has 0 spiro atoms. The van der Waals surface area contributed by atoms with E-state index in [1.54, 1.807) is 13.2 Å². The number of urea groups is 1. The molecule has 0 saturated heterocycles. The summed E-state index contributed by atoms with van der Waals surface area (Å²) >= 11 is 0. The predicted octanol–water partition coefficient (Wildman–Crippen LogP) is 4.14. The minimum atomic E-state index is -0.428. The molecular formula is C22H30N2O4. The normalized spacial score (nSPS) is 10.6. The second kappa shape index (κ2) is 13.3. The summed E-state index contributed by atoms with van der Waals surface area (Å²) in [6.07, 6.45) is 4.39. The molecule has 2 aromatic rings. The van der Waals surface area contributed by atoms with Gasteiger partial charge in [-0.15, -0.1) is 0 Å². The van der Waals surface area contributed by atoms with Crippen LogP contribution in [-0.2, 0) is 9.53 Å². The second-order valence-corrected chi connectivity index (χ2v) is 5.97. The quantitative estimate of drug-likeness (QED) is 0.406. The summed E-state index contributed by atoms with van der Waals surface area (Å²) in [4.78, 5) is 22.4. The SMILES string of the molecule is CCCCOc1ccc2cc(/C=C(/C=O)NC(=O)NC)ccc2c1.CCOC. The van der Waals surface area contributed by atoms with E-state index >= 15 is 0 Å². The van der Waals surface area contributed by atoms with Gasteiger partial charge in [-0.25, -0.2) is 4.79 Å². The van der Waals surface area contributed by atoms with E-state index in [0.717, 1.165) is 48.1 Å². The molecule has 2 rings (SSSR count). The molecule has 0 aliphatic rings. The first-order valence-corrected chi connectivity index (χ1v) is 9.39. The molecule has 0 saturated carbocycles. The number of hydrogen-bond donors (Lipinski definition) is 2. The van der Waals surface area contributed by atoms with Gasteiger partial charge < -0.3 is 20.1 Å². The summed E-state index contributed by atoms with van der Waals surface area (Å²) in [6.45, 7) is 5.63. The summed E-state index contributed by atoms with van der Waals surface area (Å²) in [7, 11) is 3.17. The van der Waals surface area contributed by atoms with Crippen molar-refractivity contribution in [3.8, 4) is 5.75 Å². The van der Waals surface area contributed by atoms with Gasteiger partial charge in [0.25, 0.3) is 0 Å². The molecule has 0 radical (unpaired) electrons. The van der Waals surface area contributed by atoms with Gasteiger partial charge in [0.05, 0.1) is 12.3 Å². The van der Waals surface area contributed by atoms with Gasteiger partial charge in [0, 0.05) is 20.8 Å². The molecule has 0 atom stereocenters. The summed E-state index contributed by atoms with van der Waals surface area (Å²) in [6, 6.07) is 11.3. The summed E-state index contributed by atoms with van der Waals surface area (Å²) in [5, 5.41) is 6.98. The number of unbranched alkanes of at least 4 members (excludes halogenated alkanes) is 1. The van der Waals surface area contributed by atoms with E-state index < -0.39 is 6.03 Å². The first kappa shape index (κ1) is 23.2. The van der Waals surface area contributed by atoms with Crippen molar-refractivity contribution in [1.29, 1.82) is 0 Å². The monoisotopic (exact) mass is 386 g/mol. The fraction of sp³-hybridized carbons (Fsp3) is 0.364. The van der Waals surface area contributed by atoms with E-state index in [1.165, 1.54) is 7.05 Å². The average Bonchev–Trinajstić information content (AvgIpc) is 2.73. The summed E-state index contributed by atoms with van der Waals surface area (Å²) < 4.78 is 10.3. The first-order chi connectivity index (χ1) is 13.6. The van der Waals surface area contributed by atoms with Crippen LogP contribution in [0.1, 0.15) is 32.3 Å². The Bertz CT molecular complexity index is 785. The van der Waals surface area contributed by atoms with Crippen LogP contribution >= 0.6 is 0 Å². The lowest BCUT2D eigenvalue weighted by molar-refractivity contribution is -0.105. The molecule has 2 N–H and O–H groups in total. The Kier molecular flexibility index (Phi) is 11.0. The zero-order chi connectivity index (χ0) is 20.8. The second-order valence-electron chi connectivity index (χ2n) is 5.97. The van der Waals surface area contributed by atoms with E-state index in [-0.39, 0.29) is 5.70 Å². The fourth-order valence-electron chi connectivity index (χ4n) is 2.23. The molecule has 152 valence electrons. The number of carbonyl (C=O) groups is 2. The summed E-state index contributed by atoms with van der Waals surface area (Å²) in [5.41, 5.74) is 1.04. The van der Waals surface area contributed by atoms with E-state index in [4.69, 9.17) is 4.74 Å². The van der Waals surface area contributed by atoms with Gasteiger partial charge in [0.1, 0.15) is 5.75 Å². The molecule has 6 heteroatoms. The van der Waals surface area contributed by atoms with Crippen molar-refractivity contribution < 1.29 is 19.1 Å². The molecule has 0 aromatic heterocycles. The zero-order valence-corrected chi connectivity index (χ0v) is 17.1. The number of aldehydes is 1. The number of hydrogen-bond acceptors (Lipinski definition) is 4. The van der Waals surface area contributed by atoms with Crippen LogP contribution in [0.5, 0.6) is 5.75 Å². The average molecular weight is 386 g/mol. The Hall–Kier alpha value is -2.86. The standard InChI is InChI=1S/C19H22N2O3.C3H8O/c1-3-4-9-24-18-8-7-15-10-14(5-6-16(15)12-18)11-17(13-22)21-19(23)20-2;1-3-4-2/h5-8,10-13H,3-4,9H2,1-2H3,(H2,20,21,23);3H2,1-2H3/b17-11-;. The van der Waals surface area contributed by atoms with E-state index in [1.807, 2.05) is 43.3 Å². The van der Waals surface area contributed by atoms with Crippen LogP contribution in [-0.4, -0.2) is 39.7 Å². The molecule has 2 aromatic carbocycles. The highest BCUT2D eigenvalue weighted by molar-refractivity contribution is 5.91. The van der Waals surface area contributed by atoms with Crippen molar-refractivity contribution in [2.45, 2.75) is 26.7 Å². The zero-order valence-electron chi connectivity index (χ0n) is 17.1. The molecule has 0 unspecified atom stereocenters. The van der Waals surface area contributed by atoms with Crippen LogP contribution in [0.15, 0.2) is 42.1 Å². The number of rotatable bonds is 8. The highest BCUT2D eigenvalue weighted by atomic mass is 16.5. The third kappa shape index (κ3) is 8.22. The Morgan fingerprint density at radius 2 is 1.79 bits per heavy atom. The van der Waals surface area contributed by atoms with Crippen LogP contribution in [0.25, 0.3) is 16.8 Å². The van der Waals surface area contributed by atoms with E-state index in [0.29, 0.717) is 6.29 Å². The lowest BCUT2D eigenvalue weighted by Crippen LogP contribution is -2.32. The molecule has 0 bridgehead atoms. The fourth-order valence-corrected chi connectivity index (χ4v) is 2.23. The molecule has 0 fully saturated rings. The number of amides is 2. The van der Waals surface area contributed by atoms with Gasteiger partial charge in [-0.05, 0) is 54.0 Å². The Morgan fingerprint density at radius 1 is 1.11 bits per heavy atom. The van der Waals surface area contributed by atoms with Crippen molar-refractivity contribution in [2.24, 2.45) is 0 Å². The number of fused-ring (bicyclic) bond motifs is 1. The maximum Gasteiger partial charge on any atom is 0.319 e. The first-order valence-electron chi connectivity index (χ1n) is 9.39. The largest absolute Gasteiger partial charge is 0.494 e. The predicted molar refractivity (Wildman–Crippen MR) is 114 cm³/mol. The van der Waals surface area contributed by atoms with Gasteiger partial charge in [0.2, 0.25) is 0 Å². The molecule has 0 aliphatic heterocycles. The van der Waals surface area contributed by atoms with Crippen LogP contribution in [0.2, 0.25) is 0 Å². The topological polar surface area (TPSA) is 76.7 Å². The number of nitrogens with one attached hydrogen (secondary N) is 2. The van der Waals surface area contributed by atoms with Crippen LogP contribution in [0.4, 0.5) is 4.79 Å². The minimum absolute atomic E-state index is 0.202. The highest BCUT2D eigenvalue weighted by Gasteiger charge is 2.03. The van der Waals surface area contributed by atoms with Gasteiger partial charge in [-0.3, -0.25) is 4.79 Å². The number of ether oxygens (including phenoxy) is 2. The van der Waals surface area contributed by atoms with Crippen molar-refractivity contribution in [3.63, 3.8) is 0 Å². The van der Waals surface area contributed by atoms with E-state index in [2.05, 4.69) is 22.3 Å². The van der Waals surface area contributed by atoms with Crippen LogP contribution in [0.3, 0.4) is 0 Å². The van der Waals surface area contributed by atoms with Crippen LogP contribution < -0.4 is 15.4 Å². The van der Waals surface area contributed by atoms with Gasteiger partial charge >= 0.3 is 6.03 Å². The van der Waals surface area contributed by atoms with Crippen molar-refractivity contribution in [1.82, 2.24) is 10.6 Å². The van der Waals surface area contributed by atoms with Crippen LogP contribution in [0, 0.1) is 0 Å². The summed E-state index contributed by atoms with van der Waals surface area (Å²) in [5.74, 6) is 0.856. The smallest absolute Gasteiger partial charge is 0.319 e. The molecule has 0 aliphatic carbocycles. The number of benzene rings is 2. The lowest BCUT2D eigenvalue weighted by atomic mass is 10.1. The van der Waals surface area contributed by atoms with E-state index in [9.17, 15) is 9.59 Å². The van der Waals surface area contributed by atoms with Gasteiger partial charge in [0.15, 0.2) is 6.29 Å². The minimum Gasteiger partial charge on any atom is -0.494 e. The lowest BCUT2D eigenvalue weighted by Gasteiger charge is -2.07. The molecule has 0 heterocycles. The van der Waals surface area contributed by atoms with Crippen molar-refractivity contribution >= 4 is 29.2 Å². The van der Waals surface area contributed by atoms with Crippen molar-refractivity contribution in [3.05, 3.63) is 47.7 Å². The maximum absolute atomic E-state index is 11.3. The third-order valence-electron chi connectivity index (χ3n) is 3.83. The number of methoxy groups -OCH3 is 1. The molecular weight excluding hydrogens is 356 g/mol. The Morgan fingerprint density at radius 3 is 2.39 bits per heavy atom.